The molecule has 4 aromatic carbocycles. The molecule has 2 unspecified atom stereocenters. The van der Waals surface area contributed by atoms with E-state index in [1.165, 1.54) is 22.3 Å². The summed E-state index contributed by atoms with van der Waals surface area (Å²) in [6.45, 7) is 0. The summed E-state index contributed by atoms with van der Waals surface area (Å²) in [5, 5.41) is 4.80. The Bertz CT molecular complexity index is 2050. The van der Waals surface area contributed by atoms with E-state index in [1.54, 1.807) is 0 Å². The number of nitrogens with zero attached hydrogens (tertiary/aromatic N) is 3. The molecule has 3 aliphatic rings. The first-order chi connectivity index (χ1) is 21.8. The summed E-state index contributed by atoms with van der Waals surface area (Å²) >= 11 is 0. The second-order valence-electron chi connectivity index (χ2n) is 11.3. The van der Waals surface area contributed by atoms with Crippen LogP contribution >= 0.6 is 0 Å². The fourth-order valence-corrected chi connectivity index (χ4v) is 6.08. The lowest BCUT2D eigenvalue weighted by Crippen LogP contribution is -2.42. The van der Waals surface area contributed by atoms with Crippen LogP contribution in [0.2, 0.25) is 0 Å². The van der Waals surface area contributed by atoms with Gasteiger partial charge in [0.1, 0.15) is 5.84 Å². The Labute approximate surface area is 257 Å². The van der Waals surface area contributed by atoms with Gasteiger partial charge in [-0.25, -0.2) is 9.98 Å². The molecule has 2 aliphatic heterocycles. The average Bonchev–Trinajstić information content (AvgIpc) is 3.11. The third kappa shape index (κ3) is 5.12. The number of hydrogen-bond donors (Lipinski definition) is 1. The van der Waals surface area contributed by atoms with Crippen molar-refractivity contribution in [3.05, 3.63) is 174 Å². The van der Waals surface area contributed by atoms with Gasteiger partial charge in [-0.2, -0.15) is 0 Å². The molecule has 0 bridgehead atoms. The molecule has 5 aromatic rings. The maximum Gasteiger partial charge on any atom is 0.134 e. The minimum Gasteiger partial charge on any atom is -0.358 e. The van der Waals surface area contributed by atoms with Crippen molar-refractivity contribution in [1.29, 1.82) is 0 Å². The van der Waals surface area contributed by atoms with Gasteiger partial charge in [0.15, 0.2) is 0 Å². The van der Waals surface area contributed by atoms with E-state index in [0.29, 0.717) is 0 Å². The molecule has 4 heteroatoms. The molecular formula is C40H30N4. The lowest BCUT2D eigenvalue weighted by Gasteiger charge is -2.29. The van der Waals surface area contributed by atoms with Crippen LogP contribution in [0.5, 0.6) is 0 Å². The highest BCUT2D eigenvalue weighted by Gasteiger charge is 2.27. The van der Waals surface area contributed by atoms with E-state index in [0.717, 1.165) is 51.4 Å². The molecule has 3 heterocycles. The van der Waals surface area contributed by atoms with Gasteiger partial charge in [-0.05, 0) is 52.1 Å². The van der Waals surface area contributed by atoms with Gasteiger partial charge in [0, 0.05) is 17.4 Å². The zero-order valence-corrected chi connectivity index (χ0v) is 24.1. The normalized spacial score (nSPS) is 19.1. The molecule has 44 heavy (non-hydrogen) atoms. The molecule has 1 aromatic heterocycles. The van der Waals surface area contributed by atoms with Gasteiger partial charge in [0.25, 0.3) is 0 Å². The van der Waals surface area contributed by atoms with Gasteiger partial charge < -0.3 is 5.32 Å². The largest absolute Gasteiger partial charge is 0.358 e. The summed E-state index contributed by atoms with van der Waals surface area (Å²) < 4.78 is 0. The molecule has 1 N–H and O–H groups in total. The Morgan fingerprint density at radius 2 is 1.34 bits per heavy atom. The fraction of sp³-hybridized carbons (Fsp3) is 0.0750. The standard InChI is InChI=1S/C40H30N4/c1-4-10-27(11-5-1)32-18-16-29-20-22-34(41-36(29)24-32)33-19-17-30-21-23-35(42-37(30)25-33)39-26-38(28-12-6-2-7-13-28)43-40(44-39)31-14-8-3-9-15-31/h1-24,26,37,39H,25H2,(H,43,44). The highest BCUT2D eigenvalue weighted by molar-refractivity contribution is 6.11. The molecule has 0 amide bonds. The third-order valence-electron chi connectivity index (χ3n) is 8.44. The maximum atomic E-state index is 5.31. The summed E-state index contributed by atoms with van der Waals surface area (Å²) in [6.07, 6.45) is 11.8. The molecule has 0 saturated heterocycles. The topological polar surface area (TPSA) is 49.6 Å². The number of amidine groups is 1. The summed E-state index contributed by atoms with van der Waals surface area (Å²) in [5.41, 5.74) is 10.9. The van der Waals surface area contributed by atoms with Crippen LogP contribution in [0.15, 0.2) is 167 Å². The second kappa shape index (κ2) is 11.2. The van der Waals surface area contributed by atoms with E-state index in [2.05, 4.69) is 127 Å². The third-order valence-corrected chi connectivity index (χ3v) is 8.44. The number of allylic oxidation sites excluding steroid dienone is 2. The minimum absolute atomic E-state index is 0.0394. The number of fused-ring (bicyclic) bond motifs is 2. The number of aromatic nitrogens is 1. The van der Waals surface area contributed by atoms with Crippen LogP contribution < -0.4 is 5.32 Å². The average molecular weight is 567 g/mol. The molecule has 0 spiro atoms. The van der Waals surface area contributed by atoms with Crippen LogP contribution in [0.1, 0.15) is 23.2 Å². The lowest BCUT2D eigenvalue weighted by atomic mass is 9.88. The number of hydrogen-bond acceptors (Lipinski definition) is 4. The lowest BCUT2D eigenvalue weighted by molar-refractivity contribution is 0.782. The van der Waals surface area contributed by atoms with Crippen LogP contribution in [0.25, 0.3) is 33.3 Å². The van der Waals surface area contributed by atoms with Crippen LogP contribution in [0.4, 0.5) is 0 Å². The minimum atomic E-state index is -0.0970. The smallest absolute Gasteiger partial charge is 0.134 e. The van der Waals surface area contributed by atoms with Crippen molar-refractivity contribution in [1.82, 2.24) is 10.3 Å². The Kier molecular flexibility index (Phi) is 6.65. The Morgan fingerprint density at radius 3 is 2.11 bits per heavy atom. The molecule has 210 valence electrons. The van der Waals surface area contributed by atoms with E-state index in [1.807, 2.05) is 30.3 Å². The van der Waals surface area contributed by atoms with Gasteiger partial charge in [0.05, 0.1) is 34.7 Å². The first kappa shape index (κ1) is 26.1. The van der Waals surface area contributed by atoms with Crippen molar-refractivity contribution in [3.63, 3.8) is 0 Å². The first-order valence-corrected chi connectivity index (χ1v) is 15.1. The Hall–Kier alpha value is -5.61. The van der Waals surface area contributed by atoms with E-state index in [9.17, 15) is 0 Å². The van der Waals surface area contributed by atoms with Crippen molar-refractivity contribution in [3.8, 4) is 11.1 Å². The van der Waals surface area contributed by atoms with Gasteiger partial charge in [0.2, 0.25) is 0 Å². The highest BCUT2D eigenvalue weighted by Crippen LogP contribution is 2.33. The number of nitrogens with one attached hydrogen (secondary N) is 1. The van der Waals surface area contributed by atoms with Gasteiger partial charge in [-0.15, -0.1) is 0 Å². The van der Waals surface area contributed by atoms with Gasteiger partial charge in [-0.3, -0.25) is 4.99 Å². The SMILES string of the molecule is C1=CC(C2C=C(c3ccccc3)N=C(c3ccccc3)N2)=NC2CC(c3ccc4ccc(-c5ccccc5)cc4n3)=CC=C12. The number of dihydropyridines is 1. The molecule has 4 nitrogen and oxygen atoms in total. The predicted molar refractivity (Wildman–Crippen MR) is 183 cm³/mol. The number of pyridine rings is 1. The van der Waals surface area contributed by atoms with Crippen molar-refractivity contribution >= 4 is 33.7 Å². The molecule has 0 fully saturated rings. The van der Waals surface area contributed by atoms with Crippen LogP contribution in [0.3, 0.4) is 0 Å². The molecule has 1 aliphatic carbocycles. The van der Waals surface area contributed by atoms with E-state index >= 15 is 0 Å². The Morgan fingerprint density at radius 1 is 0.636 bits per heavy atom. The first-order valence-electron chi connectivity index (χ1n) is 15.1. The number of aliphatic imine (C=N–C) groups is 2. The summed E-state index contributed by atoms with van der Waals surface area (Å²) in [6, 6.07) is 41.9. The number of benzene rings is 4. The fourth-order valence-electron chi connectivity index (χ4n) is 6.08. The van der Waals surface area contributed by atoms with E-state index in [-0.39, 0.29) is 12.1 Å². The molecule has 0 saturated carbocycles. The van der Waals surface area contributed by atoms with Crippen molar-refractivity contribution in [2.24, 2.45) is 9.98 Å². The summed E-state index contributed by atoms with van der Waals surface area (Å²) in [7, 11) is 0. The molecule has 8 rings (SSSR count). The molecule has 0 radical (unpaired) electrons. The van der Waals surface area contributed by atoms with Crippen LogP contribution in [0, 0.1) is 0 Å². The van der Waals surface area contributed by atoms with Gasteiger partial charge in [-0.1, -0.05) is 127 Å². The summed E-state index contributed by atoms with van der Waals surface area (Å²) in [5.74, 6) is 0.855. The van der Waals surface area contributed by atoms with E-state index in [4.69, 9.17) is 15.0 Å². The monoisotopic (exact) mass is 566 g/mol. The maximum absolute atomic E-state index is 5.31. The molecule has 2 atom stereocenters. The van der Waals surface area contributed by atoms with Crippen molar-refractivity contribution in [2.45, 2.75) is 18.5 Å². The van der Waals surface area contributed by atoms with Crippen LogP contribution in [-0.2, 0) is 0 Å². The summed E-state index contributed by atoms with van der Waals surface area (Å²) in [4.78, 5) is 15.4. The quantitative estimate of drug-likeness (QED) is 0.232. The van der Waals surface area contributed by atoms with Crippen LogP contribution in [-0.4, -0.2) is 28.6 Å². The van der Waals surface area contributed by atoms with Gasteiger partial charge >= 0.3 is 0 Å². The molecular weight excluding hydrogens is 536 g/mol. The number of rotatable bonds is 5. The highest BCUT2D eigenvalue weighted by atomic mass is 15.1. The zero-order chi connectivity index (χ0) is 29.3. The zero-order valence-electron chi connectivity index (χ0n) is 24.1. The van der Waals surface area contributed by atoms with Crippen molar-refractivity contribution in [2.75, 3.05) is 0 Å². The van der Waals surface area contributed by atoms with E-state index < -0.39 is 0 Å². The predicted octanol–water partition coefficient (Wildman–Crippen LogP) is 8.45. The second-order valence-corrected chi connectivity index (χ2v) is 11.3. The Balaban J connectivity index is 1.09. The van der Waals surface area contributed by atoms with Crippen molar-refractivity contribution < 1.29 is 0 Å².